The Balaban J connectivity index is 2.09. The van der Waals surface area contributed by atoms with Crippen molar-refractivity contribution in [2.75, 3.05) is 5.73 Å². The Labute approximate surface area is 126 Å². The van der Waals surface area contributed by atoms with Crippen molar-refractivity contribution in [1.82, 2.24) is 5.32 Å². The van der Waals surface area contributed by atoms with E-state index in [2.05, 4.69) is 19.2 Å². The number of anilines is 1. The molecule has 0 radical (unpaired) electrons. The normalized spacial score (nSPS) is 12.2. The molecule has 0 aliphatic carbocycles. The first kappa shape index (κ1) is 15.1. The fourth-order valence-electron chi connectivity index (χ4n) is 2.28. The van der Waals surface area contributed by atoms with Gasteiger partial charge in [-0.2, -0.15) is 0 Å². The monoisotopic (exact) mass is 282 g/mol. The van der Waals surface area contributed by atoms with E-state index in [4.69, 9.17) is 5.73 Å². The van der Waals surface area contributed by atoms with Gasteiger partial charge in [0.15, 0.2) is 0 Å². The maximum absolute atomic E-state index is 12.3. The average Bonchev–Trinajstić information content (AvgIpc) is 2.47. The standard InChI is InChI=1S/C18H22N2O/c1-12(2)14-8-10-15(11-9-14)18(21)20-13(3)16-6-4-5-7-17(16)19/h4-13H,19H2,1-3H3,(H,20,21). The Hall–Kier alpha value is -2.29. The van der Waals surface area contributed by atoms with Crippen LogP contribution in [0.15, 0.2) is 48.5 Å². The number of nitrogens with two attached hydrogens (primary N) is 1. The number of para-hydroxylation sites is 1. The van der Waals surface area contributed by atoms with Gasteiger partial charge in [-0.3, -0.25) is 4.79 Å². The number of hydrogen-bond donors (Lipinski definition) is 2. The van der Waals surface area contributed by atoms with E-state index in [9.17, 15) is 4.79 Å². The second-order valence-corrected chi connectivity index (χ2v) is 5.60. The third-order valence-electron chi connectivity index (χ3n) is 3.65. The van der Waals surface area contributed by atoms with E-state index in [1.807, 2.05) is 55.5 Å². The molecule has 3 N–H and O–H groups in total. The zero-order valence-electron chi connectivity index (χ0n) is 12.8. The lowest BCUT2D eigenvalue weighted by Crippen LogP contribution is -2.27. The van der Waals surface area contributed by atoms with Crippen LogP contribution in [0.3, 0.4) is 0 Å². The van der Waals surface area contributed by atoms with Crippen LogP contribution in [0.4, 0.5) is 5.69 Å². The minimum atomic E-state index is -0.122. The van der Waals surface area contributed by atoms with E-state index in [0.717, 1.165) is 5.56 Å². The molecule has 0 aromatic heterocycles. The van der Waals surface area contributed by atoms with Crippen LogP contribution in [0.1, 0.15) is 54.2 Å². The smallest absolute Gasteiger partial charge is 0.251 e. The number of carbonyl (C=O) groups excluding carboxylic acids is 1. The third kappa shape index (κ3) is 3.63. The Morgan fingerprint density at radius 3 is 2.19 bits per heavy atom. The number of rotatable bonds is 4. The van der Waals surface area contributed by atoms with Gasteiger partial charge in [0, 0.05) is 11.3 Å². The van der Waals surface area contributed by atoms with E-state index < -0.39 is 0 Å². The van der Waals surface area contributed by atoms with Gasteiger partial charge in [0.2, 0.25) is 0 Å². The molecule has 0 saturated carbocycles. The summed E-state index contributed by atoms with van der Waals surface area (Å²) in [6, 6.07) is 15.2. The minimum Gasteiger partial charge on any atom is -0.398 e. The maximum Gasteiger partial charge on any atom is 0.251 e. The number of nitrogens with one attached hydrogen (secondary N) is 1. The molecule has 1 unspecified atom stereocenters. The first-order chi connectivity index (χ1) is 9.99. The summed E-state index contributed by atoms with van der Waals surface area (Å²) in [5, 5.41) is 2.98. The van der Waals surface area contributed by atoms with E-state index in [1.165, 1.54) is 5.56 Å². The summed E-state index contributed by atoms with van der Waals surface area (Å²) in [6.07, 6.45) is 0. The maximum atomic E-state index is 12.3. The van der Waals surface area contributed by atoms with Gasteiger partial charge in [-0.05, 0) is 42.2 Å². The molecule has 21 heavy (non-hydrogen) atoms. The lowest BCUT2D eigenvalue weighted by Gasteiger charge is -2.16. The molecule has 0 aliphatic rings. The summed E-state index contributed by atoms with van der Waals surface area (Å²) in [7, 11) is 0. The van der Waals surface area contributed by atoms with Crippen LogP contribution in [-0.2, 0) is 0 Å². The van der Waals surface area contributed by atoms with Crippen molar-refractivity contribution in [3.63, 3.8) is 0 Å². The van der Waals surface area contributed by atoms with Gasteiger partial charge in [-0.25, -0.2) is 0 Å². The van der Waals surface area contributed by atoms with Gasteiger partial charge in [0.05, 0.1) is 6.04 Å². The van der Waals surface area contributed by atoms with E-state index in [1.54, 1.807) is 0 Å². The Morgan fingerprint density at radius 1 is 1.00 bits per heavy atom. The van der Waals surface area contributed by atoms with Crippen LogP contribution in [0.25, 0.3) is 0 Å². The van der Waals surface area contributed by atoms with Crippen molar-refractivity contribution in [2.24, 2.45) is 0 Å². The highest BCUT2D eigenvalue weighted by Crippen LogP contribution is 2.20. The first-order valence-electron chi connectivity index (χ1n) is 7.24. The molecule has 0 spiro atoms. The number of amides is 1. The highest BCUT2D eigenvalue weighted by atomic mass is 16.1. The summed E-state index contributed by atoms with van der Waals surface area (Å²) < 4.78 is 0. The Morgan fingerprint density at radius 2 is 1.62 bits per heavy atom. The van der Waals surface area contributed by atoms with Crippen LogP contribution in [0.5, 0.6) is 0 Å². The molecular weight excluding hydrogens is 260 g/mol. The number of hydrogen-bond acceptors (Lipinski definition) is 2. The van der Waals surface area contributed by atoms with Gasteiger partial charge in [0.1, 0.15) is 0 Å². The predicted octanol–water partition coefficient (Wildman–Crippen LogP) is 3.88. The Kier molecular flexibility index (Phi) is 4.63. The lowest BCUT2D eigenvalue weighted by atomic mass is 10.0. The number of benzene rings is 2. The SMILES string of the molecule is CC(C)c1ccc(C(=O)NC(C)c2ccccc2N)cc1. The topological polar surface area (TPSA) is 55.1 Å². The van der Waals surface area contributed by atoms with Crippen molar-refractivity contribution in [1.29, 1.82) is 0 Å². The highest BCUT2D eigenvalue weighted by Gasteiger charge is 2.13. The van der Waals surface area contributed by atoms with E-state index in [-0.39, 0.29) is 11.9 Å². The van der Waals surface area contributed by atoms with Crippen molar-refractivity contribution in [3.05, 3.63) is 65.2 Å². The number of carbonyl (C=O) groups is 1. The van der Waals surface area contributed by atoms with Gasteiger partial charge in [-0.15, -0.1) is 0 Å². The number of nitrogen functional groups attached to an aromatic ring is 1. The lowest BCUT2D eigenvalue weighted by molar-refractivity contribution is 0.0940. The quantitative estimate of drug-likeness (QED) is 0.836. The molecule has 0 saturated heterocycles. The largest absolute Gasteiger partial charge is 0.398 e. The molecule has 2 rings (SSSR count). The zero-order valence-corrected chi connectivity index (χ0v) is 12.8. The van der Waals surface area contributed by atoms with Gasteiger partial charge in [0.25, 0.3) is 5.91 Å². The van der Waals surface area contributed by atoms with Crippen molar-refractivity contribution >= 4 is 11.6 Å². The van der Waals surface area contributed by atoms with Crippen LogP contribution >= 0.6 is 0 Å². The molecule has 3 heteroatoms. The van der Waals surface area contributed by atoms with Crippen LogP contribution in [0.2, 0.25) is 0 Å². The van der Waals surface area contributed by atoms with Crippen molar-refractivity contribution in [2.45, 2.75) is 32.7 Å². The third-order valence-corrected chi connectivity index (χ3v) is 3.65. The zero-order chi connectivity index (χ0) is 15.4. The van der Waals surface area contributed by atoms with E-state index in [0.29, 0.717) is 17.2 Å². The molecule has 2 aromatic carbocycles. The predicted molar refractivity (Wildman–Crippen MR) is 87.3 cm³/mol. The Bertz CT molecular complexity index is 617. The second-order valence-electron chi connectivity index (χ2n) is 5.60. The fourth-order valence-corrected chi connectivity index (χ4v) is 2.28. The summed E-state index contributed by atoms with van der Waals surface area (Å²) >= 11 is 0. The van der Waals surface area contributed by atoms with Gasteiger partial charge in [-0.1, -0.05) is 44.2 Å². The van der Waals surface area contributed by atoms with Gasteiger partial charge >= 0.3 is 0 Å². The molecule has 0 fully saturated rings. The molecule has 110 valence electrons. The molecule has 0 bridgehead atoms. The summed E-state index contributed by atoms with van der Waals surface area (Å²) in [5.41, 5.74) is 9.46. The average molecular weight is 282 g/mol. The van der Waals surface area contributed by atoms with Crippen LogP contribution in [-0.4, -0.2) is 5.91 Å². The summed E-state index contributed by atoms with van der Waals surface area (Å²) in [5.74, 6) is 0.381. The molecule has 2 aromatic rings. The molecular formula is C18H22N2O. The summed E-state index contributed by atoms with van der Waals surface area (Å²) in [6.45, 7) is 6.21. The first-order valence-corrected chi connectivity index (χ1v) is 7.24. The van der Waals surface area contributed by atoms with Crippen LogP contribution < -0.4 is 11.1 Å². The molecule has 3 nitrogen and oxygen atoms in total. The van der Waals surface area contributed by atoms with Crippen molar-refractivity contribution < 1.29 is 4.79 Å². The molecule has 1 amide bonds. The van der Waals surface area contributed by atoms with Gasteiger partial charge < -0.3 is 11.1 Å². The molecule has 0 heterocycles. The fraction of sp³-hybridized carbons (Fsp3) is 0.278. The highest BCUT2D eigenvalue weighted by molar-refractivity contribution is 5.94. The van der Waals surface area contributed by atoms with Crippen molar-refractivity contribution in [3.8, 4) is 0 Å². The molecule has 1 atom stereocenters. The van der Waals surface area contributed by atoms with Crippen LogP contribution in [0, 0.1) is 0 Å². The van der Waals surface area contributed by atoms with E-state index >= 15 is 0 Å². The second kappa shape index (κ2) is 6.44. The summed E-state index contributed by atoms with van der Waals surface area (Å²) in [4.78, 5) is 12.3. The minimum absolute atomic E-state index is 0.0824. The molecule has 0 aliphatic heterocycles.